The number of hydrogen-bond donors (Lipinski definition) is 1. The zero-order valence-corrected chi connectivity index (χ0v) is 17.9. The summed E-state index contributed by atoms with van der Waals surface area (Å²) in [4.78, 5) is 18.8. The van der Waals surface area contributed by atoms with E-state index in [9.17, 15) is 18.0 Å². The van der Waals surface area contributed by atoms with Gasteiger partial charge in [0.05, 0.1) is 12.1 Å². The fraction of sp³-hybridized carbons (Fsp3) is 0.364. The van der Waals surface area contributed by atoms with E-state index in [0.717, 1.165) is 17.5 Å². The topological polar surface area (TPSA) is 75.9 Å². The van der Waals surface area contributed by atoms with Crippen LogP contribution in [-0.2, 0) is 32.6 Å². The van der Waals surface area contributed by atoms with Gasteiger partial charge in [0, 0.05) is 25.1 Å². The van der Waals surface area contributed by atoms with Crippen molar-refractivity contribution in [3.05, 3.63) is 64.7 Å². The smallest absolute Gasteiger partial charge is 0.368 e. The molecule has 2 aromatic heterocycles. The molecule has 1 aliphatic heterocycles. The van der Waals surface area contributed by atoms with Crippen LogP contribution in [0.25, 0.3) is 0 Å². The summed E-state index contributed by atoms with van der Waals surface area (Å²) < 4.78 is 42.2. The molecule has 1 N–H and O–H groups in total. The molecule has 4 rings (SSSR count). The van der Waals surface area contributed by atoms with Gasteiger partial charge in [0.2, 0.25) is 0 Å². The molecule has 0 fully saturated rings. The second-order valence-corrected chi connectivity index (χ2v) is 8.10. The van der Waals surface area contributed by atoms with Gasteiger partial charge in [-0.2, -0.15) is 13.2 Å². The molecule has 0 aliphatic carbocycles. The second kappa shape index (κ2) is 8.25. The number of halogens is 3. The van der Waals surface area contributed by atoms with Crippen LogP contribution >= 0.6 is 0 Å². The molecule has 0 unspecified atom stereocenters. The van der Waals surface area contributed by atoms with Crippen molar-refractivity contribution in [2.45, 2.75) is 45.5 Å². The molecule has 0 saturated carbocycles. The van der Waals surface area contributed by atoms with Gasteiger partial charge in [0.15, 0.2) is 0 Å². The number of rotatable bonds is 6. The minimum absolute atomic E-state index is 0.0188. The molecule has 7 nitrogen and oxygen atoms in total. The average Bonchev–Trinajstić information content (AvgIpc) is 3.28. The molecule has 0 bridgehead atoms. The normalized spacial score (nSPS) is 13.7. The lowest BCUT2D eigenvalue weighted by Gasteiger charge is -2.19. The van der Waals surface area contributed by atoms with Crippen LogP contribution in [0.15, 0.2) is 36.7 Å². The summed E-state index contributed by atoms with van der Waals surface area (Å²) in [5.41, 5.74) is 0.143. The van der Waals surface area contributed by atoms with Gasteiger partial charge < -0.3 is 9.88 Å². The average molecular weight is 444 g/mol. The molecule has 1 aromatic carbocycles. The monoisotopic (exact) mass is 444 g/mol. The van der Waals surface area contributed by atoms with E-state index in [1.165, 1.54) is 17.0 Å². The lowest BCUT2D eigenvalue weighted by atomic mass is 10.0. The predicted octanol–water partition coefficient (Wildman–Crippen LogP) is 3.99. The Morgan fingerprint density at radius 2 is 1.97 bits per heavy atom. The Labute approximate surface area is 183 Å². The summed E-state index contributed by atoms with van der Waals surface area (Å²) in [5.74, 6) is 1.20. The van der Waals surface area contributed by atoms with Crippen LogP contribution in [0.3, 0.4) is 0 Å². The molecule has 10 heteroatoms. The van der Waals surface area contributed by atoms with E-state index in [2.05, 4.69) is 20.5 Å². The summed E-state index contributed by atoms with van der Waals surface area (Å²) >= 11 is 0. The van der Waals surface area contributed by atoms with Crippen LogP contribution in [0, 0.1) is 0 Å². The number of pyridine rings is 1. The van der Waals surface area contributed by atoms with Crippen molar-refractivity contribution in [2.24, 2.45) is 7.05 Å². The number of amides is 1. The highest BCUT2D eigenvalue weighted by Gasteiger charge is 2.40. The predicted molar refractivity (Wildman–Crippen MR) is 113 cm³/mol. The van der Waals surface area contributed by atoms with Crippen LogP contribution in [0.5, 0.6) is 0 Å². The zero-order chi connectivity index (χ0) is 23.0. The highest BCUT2D eigenvalue weighted by atomic mass is 19.4. The summed E-state index contributed by atoms with van der Waals surface area (Å²) in [6.45, 7) is 3.74. The first-order valence-corrected chi connectivity index (χ1v) is 10.2. The number of carbonyl (C=O) groups is 1. The van der Waals surface area contributed by atoms with E-state index in [4.69, 9.17) is 0 Å². The maximum Gasteiger partial charge on any atom is 0.416 e. The molecule has 3 aromatic rings. The molecule has 0 atom stereocenters. The first-order valence-electron chi connectivity index (χ1n) is 10.2. The minimum atomic E-state index is -4.53. The van der Waals surface area contributed by atoms with Crippen molar-refractivity contribution in [1.29, 1.82) is 0 Å². The van der Waals surface area contributed by atoms with Gasteiger partial charge in [-0.05, 0) is 55.7 Å². The van der Waals surface area contributed by atoms with E-state index in [-0.39, 0.29) is 23.7 Å². The second-order valence-electron chi connectivity index (χ2n) is 8.10. The number of alkyl halides is 3. The number of aromatic nitrogens is 4. The van der Waals surface area contributed by atoms with Gasteiger partial charge in [0.25, 0.3) is 5.91 Å². The molecular weight excluding hydrogens is 421 g/mol. The molecule has 1 aliphatic rings. The Morgan fingerprint density at radius 1 is 1.19 bits per heavy atom. The maximum absolute atomic E-state index is 13.5. The van der Waals surface area contributed by atoms with Crippen molar-refractivity contribution in [3.63, 3.8) is 0 Å². The van der Waals surface area contributed by atoms with Gasteiger partial charge in [0.1, 0.15) is 23.8 Å². The van der Waals surface area contributed by atoms with Crippen LogP contribution in [0.2, 0.25) is 0 Å². The van der Waals surface area contributed by atoms with Crippen LogP contribution < -0.4 is 10.2 Å². The fourth-order valence-electron chi connectivity index (χ4n) is 3.80. The number of benzene rings is 1. The van der Waals surface area contributed by atoms with Crippen LogP contribution in [0.4, 0.5) is 24.8 Å². The summed E-state index contributed by atoms with van der Waals surface area (Å²) in [7, 11) is 1.86. The molecule has 0 radical (unpaired) electrons. The Bertz CT molecular complexity index is 1150. The van der Waals surface area contributed by atoms with Crippen LogP contribution in [0.1, 0.15) is 46.7 Å². The number of anilines is 2. The molecule has 3 heterocycles. The lowest BCUT2D eigenvalue weighted by Crippen LogP contribution is -2.25. The van der Waals surface area contributed by atoms with Gasteiger partial charge >= 0.3 is 6.18 Å². The molecular formula is C22H23F3N6O. The van der Waals surface area contributed by atoms with E-state index < -0.39 is 17.6 Å². The van der Waals surface area contributed by atoms with Crippen molar-refractivity contribution in [2.75, 3.05) is 10.2 Å². The SMILES string of the molecule is CC(C)Nc1cc(CCc2nncn2C)cc(N2Cc3c(cccc3C(F)(F)F)C2=O)n1. The first-order chi connectivity index (χ1) is 15.1. The van der Waals surface area contributed by atoms with E-state index in [1.807, 2.05) is 31.5 Å². The Hall–Kier alpha value is -3.43. The zero-order valence-electron chi connectivity index (χ0n) is 17.9. The molecule has 1 amide bonds. The fourth-order valence-corrected chi connectivity index (χ4v) is 3.80. The third-order valence-corrected chi connectivity index (χ3v) is 5.30. The summed E-state index contributed by atoms with van der Waals surface area (Å²) in [6.07, 6.45) is -1.68. The summed E-state index contributed by atoms with van der Waals surface area (Å²) in [6, 6.07) is 7.42. The van der Waals surface area contributed by atoms with E-state index in [0.29, 0.717) is 24.5 Å². The van der Waals surface area contributed by atoms with Crippen molar-refractivity contribution >= 4 is 17.5 Å². The van der Waals surface area contributed by atoms with Crippen molar-refractivity contribution in [3.8, 4) is 0 Å². The van der Waals surface area contributed by atoms with Gasteiger partial charge in [-0.15, -0.1) is 10.2 Å². The molecule has 0 spiro atoms. The highest BCUT2D eigenvalue weighted by molar-refractivity contribution is 6.10. The largest absolute Gasteiger partial charge is 0.416 e. The highest BCUT2D eigenvalue weighted by Crippen LogP contribution is 2.38. The van der Waals surface area contributed by atoms with Crippen molar-refractivity contribution in [1.82, 2.24) is 19.7 Å². The Balaban J connectivity index is 1.67. The minimum Gasteiger partial charge on any atom is -0.368 e. The molecule has 0 saturated heterocycles. The third kappa shape index (κ3) is 4.30. The third-order valence-electron chi connectivity index (χ3n) is 5.30. The maximum atomic E-state index is 13.5. The number of fused-ring (bicyclic) bond motifs is 1. The quantitative estimate of drug-likeness (QED) is 0.622. The molecule has 32 heavy (non-hydrogen) atoms. The Morgan fingerprint density at radius 3 is 2.62 bits per heavy atom. The molecule has 168 valence electrons. The standard InChI is InChI=1S/C22H23F3N6O/c1-13(2)27-18-9-14(7-8-19-29-26-12-30(19)3)10-20(28-18)31-11-16-15(21(31)32)5-4-6-17(16)22(23,24)25/h4-6,9-10,12-13H,7-8,11H2,1-3H3,(H,27,28). The number of hydrogen-bond acceptors (Lipinski definition) is 5. The van der Waals surface area contributed by atoms with E-state index >= 15 is 0 Å². The van der Waals surface area contributed by atoms with Gasteiger partial charge in [-0.25, -0.2) is 4.98 Å². The van der Waals surface area contributed by atoms with Gasteiger partial charge in [-0.3, -0.25) is 9.69 Å². The summed E-state index contributed by atoms with van der Waals surface area (Å²) in [5, 5.41) is 11.2. The number of nitrogens with zero attached hydrogens (tertiary/aromatic N) is 5. The number of carbonyl (C=O) groups excluding carboxylic acids is 1. The van der Waals surface area contributed by atoms with Crippen molar-refractivity contribution < 1.29 is 18.0 Å². The van der Waals surface area contributed by atoms with E-state index in [1.54, 1.807) is 12.4 Å². The Kier molecular flexibility index (Phi) is 5.62. The lowest BCUT2D eigenvalue weighted by molar-refractivity contribution is -0.138. The van der Waals surface area contributed by atoms with Crippen LogP contribution in [-0.4, -0.2) is 31.7 Å². The first kappa shape index (κ1) is 21.8. The number of nitrogens with one attached hydrogen (secondary N) is 1. The van der Waals surface area contributed by atoms with Gasteiger partial charge in [-0.1, -0.05) is 6.07 Å². The number of aryl methyl sites for hydroxylation is 3.